The average Bonchev–Trinajstić information content (AvgIpc) is 3.65. The van der Waals surface area contributed by atoms with Crippen molar-refractivity contribution in [3.05, 3.63) is 47.9 Å². The van der Waals surface area contributed by atoms with Crippen LogP contribution in [-0.4, -0.2) is 102 Å². The van der Waals surface area contributed by atoms with E-state index in [1.165, 1.54) is 11.8 Å². The number of furan rings is 1. The summed E-state index contributed by atoms with van der Waals surface area (Å²) in [5, 5.41) is 6.24. The number of likely N-dealkylation sites (N-methyl/N-ethyl adjacent to an activating group) is 1. The monoisotopic (exact) mass is 529 g/mol. The van der Waals surface area contributed by atoms with E-state index in [0.29, 0.717) is 23.7 Å². The fourth-order valence-corrected chi connectivity index (χ4v) is 5.59. The van der Waals surface area contributed by atoms with Gasteiger partial charge in [0.2, 0.25) is 6.79 Å². The first-order chi connectivity index (χ1) is 17.5. The maximum absolute atomic E-state index is 13.4. The van der Waals surface area contributed by atoms with E-state index in [9.17, 15) is 4.79 Å². The molecule has 0 N–H and O–H groups in total. The van der Waals surface area contributed by atoms with Crippen molar-refractivity contribution in [1.29, 1.82) is 0 Å². The van der Waals surface area contributed by atoms with Crippen molar-refractivity contribution in [2.45, 2.75) is 12.5 Å². The molecule has 11 heteroatoms. The highest BCUT2D eigenvalue weighted by atomic mass is 32.2. The van der Waals surface area contributed by atoms with Crippen LogP contribution in [0.1, 0.15) is 23.8 Å². The summed E-state index contributed by atoms with van der Waals surface area (Å²) in [7, 11) is 4.19. The fourth-order valence-electron chi connectivity index (χ4n) is 4.49. The molecule has 1 fully saturated rings. The number of amides is 1. The van der Waals surface area contributed by atoms with Gasteiger partial charge in [-0.1, -0.05) is 30.0 Å². The maximum atomic E-state index is 13.4. The minimum atomic E-state index is -0.249. The second kappa shape index (κ2) is 11.2. The van der Waals surface area contributed by atoms with Crippen LogP contribution in [0.3, 0.4) is 0 Å². The van der Waals surface area contributed by atoms with Crippen molar-refractivity contribution in [3.8, 4) is 11.5 Å². The Balaban J connectivity index is 1.21. The van der Waals surface area contributed by atoms with Crippen molar-refractivity contribution in [2.24, 2.45) is 5.10 Å². The van der Waals surface area contributed by atoms with Crippen molar-refractivity contribution in [3.63, 3.8) is 0 Å². The van der Waals surface area contributed by atoms with Gasteiger partial charge in [0.05, 0.1) is 18.1 Å². The Labute approximate surface area is 221 Å². The number of piperazine rings is 1. The molecule has 0 saturated carbocycles. The molecule has 1 atom stereocenters. The van der Waals surface area contributed by atoms with Crippen LogP contribution >= 0.6 is 24.0 Å². The predicted molar refractivity (Wildman–Crippen MR) is 144 cm³/mol. The number of fused-ring (bicyclic) bond motifs is 1. The first kappa shape index (κ1) is 25.1. The Morgan fingerprint density at radius 3 is 2.72 bits per heavy atom. The van der Waals surface area contributed by atoms with Crippen molar-refractivity contribution >= 4 is 39.9 Å². The fraction of sp³-hybridized carbons (Fsp3) is 0.480. The average molecular weight is 530 g/mol. The Kier molecular flexibility index (Phi) is 7.80. The Morgan fingerprint density at radius 1 is 1.17 bits per heavy atom. The van der Waals surface area contributed by atoms with E-state index in [0.717, 1.165) is 54.9 Å². The third kappa shape index (κ3) is 5.69. The second-order valence-electron chi connectivity index (χ2n) is 9.28. The van der Waals surface area contributed by atoms with Gasteiger partial charge in [-0.25, -0.2) is 5.01 Å². The number of ether oxygens (including phenoxy) is 2. The second-order valence-corrected chi connectivity index (χ2v) is 10.9. The van der Waals surface area contributed by atoms with Gasteiger partial charge in [-0.3, -0.25) is 9.69 Å². The van der Waals surface area contributed by atoms with Gasteiger partial charge >= 0.3 is 0 Å². The molecule has 9 nitrogen and oxygen atoms in total. The lowest BCUT2D eigenvalue weighted by atomic mass is 10.0. The number of thioether (sulfide) groups is 1. The highest BCUT2D eigenvalue weighted by molar-refractivity contribution is 8.23. The van der Waals surface area contributed by atoms with Crippen LogP contribution in [0.25, 0.3) is 0 Å². The standard InChI is InChI=1S/C25H31N5O4S2/c1-27(2)7-8-28-9-11-29(12-10-28)25(35)36-16-24(31)30-20(15-19(26-30)21-4-3-13-32-21)18-5-6-22-23(14-18)34-17-33-22/h3-6,13-14,20H,7-12,15-17H2,1-2H3. The van der Waals surface area contributed by atoms with Crippen LogP contribution in [0.4, 0.5) is 0 Å². The highest BCUT2D eigenvalue weighted by Gasteiger charge is 2.35. The van der Waals surface area contributed by atoms with Gasteiger partial charge in [0.1, 0.15) is 15.8 Å². The smallest absolute Gasteiger partial charge is 0.253 e. The molecule has 0 radical (unpaired) electrons. The van der Waals surface area contributed by atoms with E-state index < -0.39 is 0 Å². The molecule has 192 valence electrons. The molecule has 36 heavy (non-hydrogen) atoms. The lowest BCUT2D eigenvalue weighted by molar-refractivity contribution is -0.130. The Bertz CT molecular complexity index is 1120. The van der Waals surface area contributed by atoms with E-state index in [2.05, 4.69) is 33.9 Å². The topological polar surface area (TPSA) is 74.0 Å². The molecule has 3 aliphatic heterocycles. The van der Waals surface area contributed by atoms with Crippen LogP contribution in [0.5, 0.6) is 11.5 Å². The van der Waals surface area contributed by atoms with Gasteiger partial charge < -0.3 is 23.7 Å². The number of hydrogen-bond acceptors (Lipinski definition) is 9. The molecule has 0 spiro atoms. The number of nitrogens with zero attached hydrogens (tertiary/aromatic N) is 5. The van der Waals surface area contributed by atoms with Gasteiger partial charge in [0.25, 0.3) is 5.91 Å². The largest absolute Gasteiger partial charge is 0.463 e. The number of hydrogen-bond donors (Lipinski definition) is 0. The quantitative estimate of drug-likeness (QED) is 0.504. The molecule has 1 amide bonds. The number of rotatable bonds is 7. The first-order valence-electron chi connectivity index (χ1n) is 12.1. The molecule has 1 aromatic carbocycles. The lowest BCUT2D eigenvalue weighted by Crippen LogP contribution is -2.49. The summed E-state index contributed by atoms with van der Waals surface area (Å²) in [5.41, 5.74) is 1.69. The molecular formula is C25H31N5O4S2. The maximum Gasteiger partial charge on any atom is 0.253 e. The molecule has 1 unspecified atom stereocenters. The summed E-state index contributed by atoms with van der Waals surface area (Å²) >= 11 is 7.10. The Morgan fingerprint density at radius 2 is 1.97 bits per heavy atom. The minimum absolute atomic E-state index is 0.0869. The third-order valence-electron chi connectivity index (χ3n) is 6.57. The number of hydrazone groups is 1. The van der Waals surface area contributed by atoms with Crippen molar-refractivity contribution in [2.75, 3.05) is 65.9 Å². The third-order valence-corrected chi connectivity index (χ3v) is 8.07. The molecule has 1 saturated heterocycles. The highest BCUT2D eigenvalue weighted by Crippen LogP contribution is 2.39. The van der Waals surface area contributed by atoms with Crippen molar-refractivity contribution in [1.82, 2.24) is 19.7 Å². The van der Waals surface area contributed by atoms with Gasteiger partial charge in [0, 0.05) is 45.7 Å². The first-order valence-corrected chi connectivity index (χ1v) is 13.5. The van der Waals surface area contributed by atoms with Crippen molar-refractivity contribution < 1.29 is 18.7 Å². The van der Waals surface area contributed by atoms with Crippen LogP contribution in [0, 0.1) is 0 Å². The summed E-state index contributed by atoms with van der Waals surface area (Å²) in [6.07, 6.45) is 2.18. The molecule has 0 bridgehead atoms. The zero-order chi connectivity index (χ0) is 25.1. The Hall–Kier alpha value is -2.60. The summed E-state index contributed by atoms with van der Waals surface area (Å²) in [6, 6.07) is 9.22. The summed E-state index contributed by atoms with van der Waals surface area (Å²) in [5.74, 6) is 2.22. The van der Waals surface area contributed by atoms with Crippen LogP contribution in [-0.2, 0) is 4.79 Å². The molecule has 5 rings (SSSR count). The molecule has 1 aromatic heterocycles. The molecule has 4 heterocycles. The molecular weight excluding hydrogens is 498 g/mol. The number of benzene rings is 1. The normalized spacial score (nSPS) is 19.8. The molecule has 0 aliphatic carbocycles. The van der Waals surface area contributed by atoms with Gasteiger partial charge in [-0.15, -0.1) is 0 Å². The SMILES string of the molecule is CN(C)CCN1CCN(C(=S)SCC(=O)N2N=C(c3ccco3)CC2c2ccc3c(c2)OCO3)CC1. The van der Waals surface area contributed by atoms with Crippen LogP contribution in [0.2, 0.25) is 0 Å². The minimum Gasteiger partial charge on any atom is -0.463 e. The van der Waals surface area contributed by atoms with E-state index in [4.69, 9.17) is 26.1 Å². The zero-order valence-electron chi connectivity index (χ0n) is 20.6. The number of carbonyl (C=O) groups is 1. The summed E-state index contributed by atoms with van der Waals surface area (Å²) in [4.78, 5) is 20.3. The van der Waals surface area contributed by atoms with E-state index in [1.54, 1.807) is 11.3 Å². The summed E-state index contributed by atoms with van der Waals surface area (Å²) < 4.78 is 17.3. The molecule has 2 aromatic rings. The van der Waals surface area contributed by atoms with E-state index in [-0.39, 0.29) is 24.5 Å². The van der Waals surface area contributed by atoms with E-state index >= 15 is 0 Å². The van der Waals surface area contributed by atoms with Gasteiger partial charge in [-0.05, 0) is 43.9 Å². The lowest BCUT2D eigenvalue weighted by Gasteiger charge is -2.36. The van der Waals surface area contributed by atoms with Gasteiger partial charge in [-0.2, -0.15) is 5.10 Å². The zero-order valence-corrected chi connectivity index (χ0v) is 22.2. The van der Waals surface area contributed by atoms with Crippen LogP contribution < -0.4 is 9.47 Å². The van der Waals surface area contributed by atoms with Crippen LogP contribution in [0.15, 0.2) is 46.1 Å². The molecule has 3 aliphatic rings. The van der Waals surface area contributed by atoms with E-state index in [1.807, 2.05) is 30.3 Å². The number of carbonyl (C=O) groups excluding carboxylic acids is 1. The van der Waals surface area contributed by atoms with Gasteiger partial charge in [0.15, 0.2) is 11.5 Å². The predicted octanol–water partition coefficient (Wildman–Crippen LogP) is 2.88. The summed E-state index contributed by atoms with van der Waals surface area (Å²) in [6.45, 7) is 6.06. The number of thiocarbonyl (C=S) groups is 1.